The molecule has 0 saturated heterocycles. The molecule has 2 amide bonds. The van der Waals surface area contributed by atoms with E-state index >= 15 is 0 Å². The van der Waals surface area contributed by atoms with Crippen molar-refractivity contribution in [3.8, 4) is 5.88 Å². The van der Waals surface area contributed by atoms with Gasteiger partial charge in [0.15, 0.2) is 0 Å². The van der Waals surface area contributed by atoms with E-state index in [0.29, 0.717) is 11.7 Å². The number of rotatable bonds is 4. The van der Waals surface area contributed by atoms with Crippen LogP contribution >= 0.6 is 0 Å². The number of urea groups is 1. The first-order valence-electron chi connectivity index (χ1n) is 5.51. The van der Waals surface area contributed by atoms with Gasteiger partial charge < -0.3 is 15.0 Å². The highest BCUT2D eigenvalue weighted by molar-refractivity contribution is 5.89. The van der Waals surface area contributed by atoms with Crippen LogP contribution in [0.2, 0.25) is 0 Å². The number of nitrogens with one attached hydrogen (secondary N) is 1. The van der Waals surface area contributed by atoms with Crippen molar-refractivity contribution in [3.05, 3.63) is 18.3 Å². The number of ether oxygens (including phenoxy) is 1. The number of pyridine rings is 1. The van der Waals surface area contributed by atoms with E-state index in [1.807, 2.05) is 0 Å². The number of alkyl halides is 2. The number of hydrogen-bond donors (Lipinski definition) is 1. The Morgan fingerprint density at radius 1 is 1.56 bits per heavy atom. The molecule has 5 nitrogen and oxygen atoms in total. The summed E-state index contributed by atoms with van der Waals surface area (Å²) in [6, 6.07) is 2.81. The van der Waals surface area contributed by atoms with Gasteiger partial charge in [-0.05, 0) is 18.9 Å². The lowest BCUT2D eigenvalue weighted by Gasteiger charge is -2.16. The third-order valence-corrected chi connectivity index (χ3v) is 2.61. The Morgan fingerprint density at radius 3 is 2.78 bits per heavy atom. The second-order valence-corrected chi connectivity index (χ2v) is 4.04. The molecule has 0 aliphatic heterocycles. The van der Waals surface area contributed by atoms with Crippen LogP contribution in [-0.2, 0) is 0 Å². The Bertz CT molecular complexity index is 421. The van der Waals surface area contributed by atoms with Gasteiger partial charge in [0, 0.05) is 19.2 Å². The first-order chi connectivity index (χ1) is 8.56. The predicted molar refractivity (Wildman–Crippen MR) is 60.7 cm³/mol. The molecule has 1 saturated carbocycles. The maximum atomic E-state index is 11.9. The summed E-state index contributed by atoms with van der Waals surface area (Å²) >= 11 is 0. The van der Waals surface area contributed by atoms with E-state index < -0.39 is 6.61 Å². The van der Waals surface area contributed by atoms with Crippen LogP contribution in [0.4, 0.5) is 19.3 Å². The van der Waals surface area contributed by atoms with Gasteiger partial charge in [-0.25, -0.2) is 9.78 Å². The zero-order valence-electron chi connectivity index (χ0n) is 9.77. The third-order valence-electron chi connectivity index (χ3n) is 2.61. The van der Waals surface area contributed by atoms with Crippen LogP contribution in [0.1, 0.15) is 12.8 Å². The minimum absolute atomic E-state index is 0.182. The fourth-order valence-corrected chi connectivity index (χ4v) is 1.45. The summed E-state index contributed by atoms with van der Waals surface area (Å²) in [5.74, 6) is -0.182. The second-order valence-electron chi connectivity index (χ2n) is 4.04. The smallest absolute Gasteiger partial charge is 0.388 e. The molecule has 7 heteroatoms. The molecule has 0 atom stereocenters. The summed E-state index contributed by atoms with van der Waals surface area (Å²) in [5.41, 5.74) is 0.439. The van der Waals surface area contributed by atoms with Gasteiger partial charge in [0.05, 0.1) is 11.9 Å². The van der Waals surface area contributed by atoms with Gasteiger partial charge in [0.25, 0.3) is 0 Å². The van der Waals surface area contributed by atoms with Crippen LogP contribution in [0, 0.1) is 0 Å². The Labute approximate surface area is 103 Å². The van der Waals surface area contributed by atoms with Crippen LogP contribution < -0.4 is 10.1 Å². The second kappa shape index (κ2) is 5.16. The van der Waals surface area contributed by atoms with Crippen LogP contribution in [-0.4, -0.2) is 35.6 Å². The van der Waals surface area contributed by atoms with E-state index in [4.69, 9.17) is 0 Å². The van der Waals surface area contributed by atoms with E-state index in [-0.39, 0.29) is 11.9 Å². The number of anilines is 1. The van der Waals surface area contributed by atoms with Crippen molar-refractivity contribution >= 4 is 11.7 Å². The molecule has 0 unspecified atom stereocenters. The van der Waals surface area contributed by atoms with Gasteiger partial charge in [-0.15, -0.1) is 0 Å². The fraction of sp³-hybridized carbons (Fsp3) is 0.455. The van der Waals surface area contributed by atoms with Crippen molar-refractivity contribution in [3.63, 3.8) is 0 Å². The molecule has 18 heavy (non-hydrogen) atoms. The molecule has 98 valence electrons. The Morgan fingerprint density at radius 2 is 2.28 bits per heavy atom. The number of halogens is 2. The van der Waals surface area contributed by atoms with Crippen molar-refractivity contribution < 1.29 is 18.3 Å². The Kier molecular flexibility index (Phi) is 3.59. The van der Waals surface area contributed by atoms with E-state index in [1.54, 1.807) is 11.9 Å². The SMILES string of the molecule is CN(C(=O)Nc1ccc(OC(F)F)nc1)C1CC1. The highest BCUT2D eigenvalue weighted by Gasteiger charge is 2.29. The monoisotopic (exact) mass is 257 g/mol. The minimum atomic E-state index is -2.90. The van der Waals surface area contributed by atoms with Crippen LogP contribution in [0.15, 0.2) is 18.3 Å². The van der Waals surface area contributed by atoms with Crippen molar-refractivity contribution in [2.24, 2.45) is 0 Å². The first-order valence-corrected chi connectivity index (χ1v) is 5.51. The molecule has 1 aromatic rings. The Balaban J connectivity index is 1.91. The molecule has 1 fully saturated rings. The van der Waals surface area contributed by atoms with Gasteiger partial charge in [-0.3, -0.25) is 0 Å². The third kappa shape index (κ3) is 3.28. The molecule has 1 N–H and O–H groups in total. The number of carbonyl (C=O) groups excluding carboxylic acids is 1. The molecule has 2 rings (SSSR count). The molecule has 1 aliphatic rings. The van der Waals surface area contributed by atoms with E-state index in [2.05, 4.69) is 15.0 Å². The molecule has 1 heterocycles. The number of nitrogens with zero attached hydrogens (tertiary/aromatic N) is 2. The normalized spacial score (nSPS) is 14.4. The summed E-state index contributed by atoms with van der Waals surface area (Å²) in [6.45, 7) is -2.90. The van der Waals surface area contributed by atoms with Crippen LogP contribution in [0.3, 0.4) is 0 Å². The summed E-state index contributed by atoms with van der Waals surface area (Å²) in [5, 5.41) is 2.62. The quantitative estimate of drug-likeness (QED) is 0.900. The van der Waals surface area contributed by atoms with Gasteiger partial charge in [0.1, 0.15) is 0 Å². The number of hydrogen-bond acceptors (Lipinski definition) is 3. The lowest BCUT2D eigenvalue weighted by Crippen LogP contribution is -2.33. The summed E-state index contributed by atoms with van der Waals surface area (Å²) in [6.07, 6.45) is 3.31. The van der Waals surface area contributed by atoms with Crippen molar-refractivity contribution in [1.29, 1.82) is 0 Å². The van der Waals surface area contributed by atoms with Crippen LogP contribution in [0.25, 0.3) is 0 Å². The zero-order valence-corrected chi connectivity index (χ0v) is 9.77. The average molecular weight is 257 g/mol. The van der Waals surface area contributed by atoms with E-state index in [9.17, 15) is 13.6 Å². The Hall–Kier alpha value is -1.92. The standard InChI is InChI=1S/C11H13F2N3O2/c1-16(8-3-4-8)11(17)15-7-2-5-9(14-6-7)18-10(12)13/h2,5-6,8,10H,3-4H2,1H3,(H,15,17). The molecular formula is C11H13F2N3O2. The molecule has 0 radical (unpaired) electrons. The average Bonchev–Trinajstić information content (AvgIpc) is 3.14. The highest BCUT2D eigenvalue weighted by Crippen LogP contribution is 2.25. The molecule has 0 aromatic carbocycles. The van der Waals surface area contributed by atoms with Gasteiger partial charge in [-0.1, -0.05) is 0 Å². The summed E-state index contributed by atoms with van der Waals surface area (Å²) in [7, 11) is 1.72. The molecular weight excluding hydrogens is 244 g/mol. The lowest BCUT2D eigenvalue weighted by molar-refractivity contribution is -0.0528. The van der Waals surface area contributed by atoms with Crippen molar-refractivity contribution in [1.82, 2.24) is 9.88 Å². The molecule has 1 aromatic heterocycles. The van der Waals surface area contributed by atoms with Crippen molar-refractivity contribution in [2.75, 3.05) is 12.4 Å². The fourth-order valence-electron chi connectivity index (χ4n) is 1.45. The maximum Gasteiger partial charge on any atom is 0.388 e. The van der Waals surface area contributed by atoms with Crippen molar-refractivity contribution in [2.45, 2.75) is 25.5 Å². The minimum Gasteiger partial charge on any atom is -0.417 e. The van der Waals surface area contributed by atoms with Gasteiger partial charge in [-0.2, -0.15) is 8.78 Å². The summed E-state index contributed by atoms with van der Waals surface area (Å²) < 4.78 is 27.9. The topological polar surface area (TPSA) is 54.5 Å². The van der Waals surface area contributed by atoms with E-state index in [0.717, 1.165) is 12.8 Å². The number of aromatic nitrogens is 1. The number of carbonyl (C=O) groups is 1. The predicted octanol–water partition coefficient (Wildman–Crippen LogP) is 2.31. The molecule has 0 bridgehead atoms. The zero-order chi connectivity index (χ0) is 13.1. The lowest BCUT2D eigenvalue weighted by atomic mass is 10.4. The largest absolute Gasteiger partial charge is 0.417 e. The summed E-state index contributed by atoms with van der Waals surface area (Å²) in [4.78, 5) is 17.0. The first kappa shape index (κ1) is 12.5. The molecule has 1 aliphatic carbocycles. The van der Waals surface area contributed by atoms with Gasteiger partial charge in [0.2, 0.25) is 5.88 Å². The maximum absolute atomic E-state index is 11.9. The van der Waals surface area contributed by atoms with E-state index in [1.165, 1.54) is 18.3 Å². The molecule has 0 spiro atoms. The van der Waals surface area contributed by atoms with Gasteiger partial charge >= 0.3 is 12.6 Å². The highest BCUT2D eigenvalue weighted by atomic mass is 19.3. The van der Waals surface area contributed by atoms with Crippen LogP contribution in [0.5, 0.6) is 5.88 Å². The number of amides is 2.